The highest BCUT2D eigenvalue weighted by atomic mass is 16.4. The number of hydrogen-bond donors (Lipinski definition) is 4. The van der Waals surface area contributed by atoms with Gasteiger partial charge in [-0.3, -0.25) is 9.59 Å². The van der Waals surface area contributed by atoms with E-state index in [9.17, 15) is 19.5 Å². The van der Waals surface area contributed by atoms with Gasteiger partial charge in [-0.25, -0.2) is 4.79 Å². The molecule has 0 radical (unpaired) electrons. The molecular formula is C17H16O7. The fourth-order valence-electron chi connectivity index (χ4n) is 1.69. The van der Waals surface area contributed by atoms with Crippen molar-refractivity contribution in [3.8, 4) is 5.75 Å². The molecule has 0 bridgehead atoms. The van der Waals surface area contributed by atoms with E-state index in [2.05, 4.69) is 0 Å². The van der Waals surface area contributed by atoms with Gasteiger partial charge in [0.05, 0.1) is 6.42 Å². The largest absolute Gasteiger partial charge is 0.508 e. The zero-order valence-corrected chi connectivity index (χ0v) is 12.5. The van der Waals surface area contributed by atoms with Crippen molar-refractivity contribution in [1.29, 1.82) is 0 Å². The first-order valence-corrected chi connectivity index (χ1v) is 6.81. The first-order chi connectivity index (χ1) is 11.3. The minimum Gasteiger partial charge on any atom is -0.508 e. The SMILES string of the molecule is O=C(O)C(=O)C(O)c1ccccc1.O=C(O)Cc1ccc(O)cc1. The van der Waals surface area contributed by atoms with Crippen molar-refractivity contribution in [1.82, 2.24) is 0 Å². The summed E-state index contributed by atoms with van der Waals surface area (Å²) in [4.78, 5) is 31.2. The molecule has 0 spiro atoms. The van der Waals surface area contributed by atoms with Crippen molar-refractivity contribution in [2.45, 2.75) is 12.5 Å². The molecule has 0 aliphatic heterocycles. The van der Waals surface area contributed by atoms with Gasteiger partial charge in [0.15, 0.2) is 0 Å². The molecule has 1 atom stereocenters. The summed E-state index contributed by atoms with van der Waals surface area (Å²) in [7, 11) is 0. The van der Waals surface area contributed by atoms with Crippen molar-refractivity contribution in [3.05, 3.63) is 65.7 Å². The molecule has 7 nitrogen and oxygen atoms in total. The van der Waals surface area contributed by atoms with Crippen LogP contribution in [0, 0.1) is 0 Å². The summed E-state index contributed by atoms with van der Waals surface area (Å²) >= 11 is 0. The Morgan fingerprint density at radius 3 is 1.88 bits per heavy atom. The van der Waals surface area contributed by atoms with E-state index in [0.717, 1.165) is 0 Å². The van der Waals surface area contributed by atoms with Gasteiger partial charge in [-0.1, -0.05) is 42.5 Å². The van der Waals surface area contributed by atoms with Crippen LogP contribution in [0.25, 0.3) is 0 Å². The number of aromatic hydroxyl groups is 1. The number of phenols is 1. The van der Waals surface area contributed by atoms with Gasteiger partial charge in [0.25, 0.3) is 5.78 Å². The van der Waals surface area contributed by atoms with Crippen molar-refractivity contribution >= 4 is 17.7 Å². The Morgan fingerprint density at radius 1 is 0.875 bits per heavy atom. The molecule has 0 saturated carbocycles. The maximum absolute atomic E-state index is 10.8. The molecule has 4 N–H and O–H groups in total. The Labute approximate surface area is 137 Å². The van der Waals surface area contributed by atoms with Gasteiger partial charge in [-0.15, -0.1) is 0 Å². The molecule has 1 unspecified atom stereocenters. The van der Waals surface area contributed by atoms with Crippen molar-refractivity contribution < 1.29 is 34.8 Å². The van der Waals surface area contributed by atoms with E-state index >= 15 is 0 Å². The second-order valence-corrected chi connectivity index (χ2v) is 4.72. The number of aliphatic carboxylic acids is 2. The zero-order chi connectivity index (χ0) is 18.1. The summed E-state index contributed by atoms with van der Waals surface area (Å²) < 4.78 is 0. The van der Waals surface area contributed by atoms with E-state index in [1.165, 1.54) is 24.3 Å². The maximum Gasteiger partial charge on any atom is 0.375 e. The Kier molecular flexibility index (Phi) is 7.12. The maximum atomic E-state index is 10.8. The molecule has 0 amide bonds. The molecule has 126 valence electrons. The number of aliphatic hydroxyl groups excluding tert-OH is 1. The van der Waals surface area contributed by atoms with Gasteiger partial charge in [-0.2, -0.15) is 0 Å². The highest BCUT2D eigenvalue weighted by molar-refractivity contribution is 6.34. The van der Waals surface area contributed by atoms with E-state index in [0.29, 0.717) is 5.56 Å². The fraction of sp³-hybridized carbons (Fsp3) is 0.118. The summed E-state index contributed by atoms with van der Waals surface area (Å²) in [5.41, 5.74) is 0.977. The highest BCUT2D eigenvalue weighted by Crippen LogP contribution is 2.12. The molecule has 2 aromatic carbocycles. The number of carboxylic acids is 2. The number of benzene rings is 2. The average molecular weight is 332 g/mol. The zero-order valence-electron chi connectivity index (χ0n) is 12.5. The van der Waals surface area contributed by atoms with Crippen LogP contribution in [-0.2, 0) is 20.8 Å². The van der Waals surface area contributed by atoms with E-state index in [-0.39, 0.29) is 17.7 Å². The standard InChI is InChI=1S/C9H8O4.C8H8O3/c10-7(8(11)9(12)13)6-4-2-1-3-5-6;9-7-3-1-6(2-4-7)5-8(10)11/h1-5,7,10H,(H,12,13);1-4,9H,5H2,(H,10,11). The van der Waals surface area contributed by atoms with Crippen molar-refractivity contribution in [2.24, 2.45) is 0 Å². The molecule has 2 aromatic rings. The number of carboxylic acid groups (broad SMARTS) is 2. The molecule has 0 heterocycles. The highest BCUT2D eigenvalue weighted by Gasteiger charge is 2.23. The lowest BCUT2D eigenvalue weighted by Gasteiger charge is -2.05. The van der Waals surface area contributed by atoms with Crippen LogP contribution in [-0.4, -0.2) is 38.1 Å². The van der Waals surface area contributed by atoms with Crippen LogP contribution >= 0.6 is 0 Å². The first-order valence-electron chi connectivity index (χ1n) is 6.81. The number of rotatable bonds is 5. The summed E-state index contributed by atoms with van der Waals surface area (Å²) in [5, 5.41) is 34.8. The van der Waals surface area contributed by atoms with Crippen LogP contribution in [0.4, 0.5) is 0 Å². The number of phenolic OH excluding ortho intramolecular Hbond substituents is 1. The quantitative estimate of drug-likeness (QED) is 0.608. The van der Waals surface area contributed by atoms with Gasteiger partial charge >= 0.3 is 11.9 Å². The van der Waals surface area contributed by atoms with Gasteiger partial charge in [-0.05, 0) is 23.3 Å². The third-order valence-corrected chi connectivity index (χ3v) is 2.87. The Hall–Kier alpha value is -3.19. The lowest BCUT2D eigenvalue weighted by atomic mass is 10.1. The third-order valence-electron chi connectivity index (χ3n) is 2.87. The average Bonchev–Trinajstić information content (AvgIpc) is 2.56. The van der Waals surface area contributed by atoms with E-state index < -0.39 is 23.8 Å². The molecule has 0 saturated heterocycles. The topological polar surface area (TPSA) is 132 Å². The van der Waals surface area contributed by atoms with E-state index in [1.807, 2.05) is 0 Å². The lowest BCUT2D eigenvalue weighted by Crippen LogP contribution is -2.21. The van der Waals surface area contributed by atoms with Gasteiger partial charge in [0.1, 0.15) is 11.9 Å². The molecule has 0 fully saturated rings. The lowest BCUT2D eigenvalue weighted by molar-refractivity contribution is -0.153. The predicted octanol–water partition coefficient (Wildman–Crippen LogP) is 1.39. The van der Waals surface area contributed by atoms with Crippen LogP contribution in [0.2, 0.25) is 0 Å². The monoisotopic (exact) mass is 332 g/mol. The minimum absolute atomic E-state index is 0.000278. The van der Waals surface area contributed by atoms with Crippen LogP contribution in [0.1, 0.15) is 17.2 Å². The first kappa shape index (κ1) is 18.9. The van der Waals surface area contributed by atoms with E-state index in [1.54, 1.807) is 30.3 Å². The number of hydrogen-bond acceptors (Lipinski definition) is 5. The summed E-state index contributed by atoms with van der Waals surface area (Å²) in [6.07, 6.45) is -1.57. The van der Waals surface area contributed by atoms with Crippen LogP contribution < -0.4 is 0 Å². The van der Waals surface area contributed by atoms with Crippen LogP contribution in [0.5, 0.6) is 5.75 Å². The second kappa shape index (κ2) is 9.06. The Balaban J connectivity index is 0.000000243. The predicted molar refractivity (Wildman–Crippen MR) is 83.5 cm³/mol. The number of carbonyl (C=O) groups excluding carboxylic acids is 1. The molecule has 2 rings (SSSR count). The Morgan fingerprint density at radius 2 is 1.42 bits per heavy atom. The second-order valence-electron chi connectivity index (χ2n) is 4.72. The summed E-state index contributed by atoms with van der Waals surface area (Å²) in [5.74, 6) is -3.56. The molecule has 0 aromatic heterocycles. The van der Waals surface area contributed by atoms with Gasteiger partial charge < -0.3 is 20.4 Å². The number of ketones is 1. The summed E-state index contributed by atoms with van der Waals surface area (Å²) in [6.45, 7) is 0. The van der Waals surface area contributed by atoms with Crippen LogP contribution in [0.3, 0.4) is 0 Å². The number of carbonyl (C=O) groups is 3. The molecule has 24 heavy (non-hydrogen) atoms. The van der Waals surface area contributed by atoms with E-state index in [4.69, 9.17) is 15.3 Å². The normalized spacial score (nSPS) is 10.9. The van der Waals surface area contributed by atoms with Gasteiger partial charge in [0, 0.05) is 0 Å². The van der Waals surface area contributed by atoms with Crippen molar-refractivity contribution in [3.63, 3.8) is 0 Å². The van der Waals surface area contributed by atoms with Crippen LogP contribution in [0.15, 0.2) is 54.6 Å². The molecule has 7 heteroatoms. The summed E-state index contributed by atoms with van der Waals surface area (Å²) in [6, 6.07) is 14.0. The molecular weight excluding hydrogens is 316 g/mol. The number of aliphatic hydroxyl groups is 1. The third kappa shape index (κ3) is 6.29. The molecule has 0 aliphatic carbocycles. The Bertz CT molecular complexity index is 693. The molecule has 0 aliphatic rings. The number of Topliss-reactive ketones (excluding diaryl/α,β-unsaturated/α-hetero) is 1. The van der Waals surface area contributed by atoms with Gasteiger partial charge in [0.2, 0.25) is 0 Å². The fourth-order valence-corrected chi connectivity index (χ4v) is 1.69. The van der Waals surface area contributed by atoms with Crippen molar-refractivity contribution in [2.75, 3.05) is 0 Å². The smallest absolute Gasteiger partial charge is 0.375 e. The minimum atomic E-state index is -1.63.